The fourth-order valence-corrected chi connectivity index (χ4v) is 2.58. The number of benzene rings is 1. The summed E-state index contributed by atoms with van der Waals surface area (Å²) in [7, 11) is 0. The van der Waals surface area contributed by atoms with E-state index in [1.165, 1.54) is 0 Å². The Balaban J connectivity index is 2.70. The van der Waals surface area contributed by atoms with Crippen molar-refractivity contribution in [1.82, 2.24) is 4.57 Å². The lowest BCUT2D eigenvalue weighted by Gasteiger charge is -2.14. The molecule has 21 heavy (non-hydrogen) atoms. The quantitative estimate of drug-likeness (QED) is 0.872. The van der Waals surface area contributed by atoms with Crippen molar-refractivity contribution in [2.45, 2.75) is 46.8 Å². The Labute approximate surface area is 126 Å². The summed E-state index contributed by atoms with van der Waals surface area (Å²) < 4.78 is 13.5. The summed E-state index contributed by atoms with van der Waals surface area (Å²) in [4.78, 5) is 0. The van der Waals surface area contributed by atoms with E-state index in [4.69, 9.17) is 9.47 Å². The minimum atomic E-state index is -0.514. The van der Waals surface area contributed by atoms with Gasteiger partial charge in [0.25, 0.3) is 0 Å². The summed E-state index contributed by atoms with van der Waals surface area (Å²) in [6, 6.07) is 4.30. The van der Waals surface area contributed by atoms with E-state index >= 15 is 0 Å². The van der Waals surface area contributed by atoms with Crippen molar-refractivity contribution in [1.29, 1.82) is 0 Å². The Hall–Kier alpha value is -1.68. The molecule has 0 saturated carbocycles. The Morgan fingerprint density at radius 1 is 1.05 bits per heavy atom. The van der Waals surface area contributed by atoms with Gasteiger partial charge in [0.05, 0.1) is 24.8 Å². The minimum absolute atomic E-state index is 0.312. The van der Waals surface area contributed by atoms with E-state index in [2.05, 4.69) is 18.4 Å². The van der Waals surface area contributed by atoms with Gasteiger partial charge in [-0.15, -0.1) is 0 Å². The van der Waals surface area contributed by atoms with Crippen molar-refractivity contribution in [3.05, 3.63) is 23.9 Å². The molecule has 2 aromatic rings. The van der Waals surface area contributed by atoms with Crippen molar-refractivity contribution < 1.29 is 14.6 Å². The SMILES string of the molecule is CCOc1cc2c(C(C)O)cn(C(C)C)c2cc1OCC. The lowest BCUT2D eigenvalue weighted by Crippen LogP contribution is -2.01. The van der Waals surface area contributed by atoms with Crippen molar-refractivity contribution in [2.75, 3.05) is 13.2 Å². The largest absolute Gasteiger partial charge is 0.490 e. The highest BCUT2D eigenvalue weighted by Crippen LogP contribution is 2.38. The first-order valence-corrected chi connectivity index (χ1v) is 7.61. The fraction of sp³-hybridized carbons (Fsp3) is 0.529. The molecule has 4 heteroatoms. The van der Waals surface area contributed by atoms with Crippen molar-refractivity contribution >= 4 is 10.9 Å². The van der Waals surface area contributed by atoms with E-state index in [0.717, 1.165) is 28.0 Å². The van der Waals surface area contributed by atoms with Crippen LogP contribution in [-0.2, 0) is 0 Å². The van der Waals surface area contributed by atoms with Crippen molar-refractivity contribution in [3.8, 4) is 11.5 Å². The molecule has 1 unspecified atom stereocenters. The summed E-state index contributed by atoms with van der Waals surface area (Å²) in [6.45, 7) is 11.1. The summed E-state index contributed by atoms with van der Waals surface area (Å²) in [6.07, 6.45) is 1.51. The number of hydrogen-bond donors (Lipinski definition) is 1. The minimum Gasteiger partial charge on any atom is -0.490 e. The van der Waals surface area contributed by atoms with Gasteiger partial charge in [0, 0.05) is 29.3 Å². The van der Waals surface area contributed by atoms with E-state index in [9.17, 15) is 5.11 Å². The first kappa shape index (κ1) is 15.7. The van der Waals surface area contributed by atoms with Crippen molar-refractivity contribution in [2.24, 2.45) is 0 Å². The zero-order chi connectivity index (χ0) is 15.6. The molecular weight excluding hydrogens is 266 g/mol. The summed E-state index contributed by atoms with van der Waals surface area (Å²) >= 11 is 0. The Morgan fingerprint density at radius 2 is 1.62 bits per heavy atom. The molecule has 0 bridgehead atoms. The van der Waals surface area contributed by atoms with Crippen LogP contribution in [-0.4, -0.2) is 22.9 Å². The molecule has 0 aliphatic rings. The third-order valence-electron chi connectivity index (χ3n) is 3.54. The molecule has 0 amide bonds. The molecule has 0 saturated heterocycles. The van der Waals surface area contributed by atoms with Crippen LogP contribution >= 0.6 is 0 Å². The zero-order valence-electron chi connectivity index (χ0n) is 13.5. The van der Waals surface area contributed by atoms with Crippen LogP contribution < -0.4 is 9.47 Å². The Bertz CT molecular complexity index is 562. The van der Waals surface area contributed by atoms with Crippen LogP contribution in [0.4, 0.5) is 0 Å². The molecule has 1 heterocycles. The highest BCUT2D eigenvalue weighted by Gasteiger charge is 2.18. The number of nitrogens with zero attached hydrogens (tertiary/aromatic N) is 1. The number of fused-ring (bicyclic) bond motifs is 1. The van der Waals surface area contributed by atoms with Crippen LogP contribution in [0.2, 0.25) is 0 Å². The predicted octanol–water partition coefficient (Wildman–Crippen LogP) is 4.07. The summed E-state index contributed by atoms with van der Waals surface area (Å²) in [5, 5.41) is 11.0. The van der Waals surface area contributed by atoms with Gasteiger partial charge < -0.3 is 19.1 Å². The molecule has 0 radical (unpaired) electrons. The van der Waals surface area contributed by atoms with Gasteiger partial charge in [-0.05, 0) is 40.7 Å². The number of hydrogen-bond acceptors (Lipinski definition) is 3. The summed E-state index contributed by atoms with van der Waals surface area (Å²) in [5.74, 6) is 1.49. The molecule has 116 valence electrons. The maximum Gasteiger partial charge on any atom is 0.163 e. The first-order chi connectivity index (χ1) is 9.99. The lowest BCUT2D eigenvalue weighted by atomic mass is 10.1. The van der Waals surface area contributed by atoms with Gasteiger partial charge >= 0.3 is 0 Å². The third-order valence-corrected chi connectivity index (χ3v) is 3.54. The molecule has 0 fully saturated rings. The topological polar surface area (TPSA) is 43.6 Å². The summed E-state index contributed by atoms with van der Waals surface area (Å²) in [5.41, 5.74) is 1.98. The highest BCUT2D eigenvalue weighted by atomic mass is 16.5. The van der Waals surface area contributed by atoms with Crippen LogP contribution in [0.25, 0.3) is 10.9 Å². The second-order valence-electron chi connectivity index (χ2n) is 5.44. The molecule has 1 atom stereocenters. The Kier molecular flexibility index (Phi) is 4.78. The van der Waals surface area contributed by atoms with E-state index < -0.39 is 6.10 Å². The van der Waals surface area contributed by atoms with E-state index in [0.29, 0.717) is 19.3 Å². The maximum absolute atomic E-state index is 10.0. The molecule has 2 rings (SSSR count). The second kappa shape index (κ2) is 6.39. The number of rotatable bonds is 6. The molecule has 4 nitrogen and oxygen atoms in total. The van der Waals surface area contributed by atoms with Gasteiger partial charge in [-0.2, -0.15) is 0 Å². The number of aliphatic hydroxyl groups is 1. The predicted molar refractivity (Wildman–Crippen MR) is 85.3 cm³/mol. The standard InChI is InChI=1S/C17H25NO3/c1-6-20-16-8-13-14(12(5)19)10-18(11(3)4)15(13)9-17(16)21-7-2/h8-12,19H,6-7H2,1-5H3. The van der Waals surface area contributed by atoms with Gasteiger partial charge in [-0.1, -0.05) is 0 Å². The number of aliphatic hydroxyl groups excluding tert-OH is 1. The second-order valence-corrected chi connectivity index (χ2v) is 5.44. The van der Waals surface area contributed by atoms with Crippen LogP contribution in [0.1, 0.15) is 52.3 Å². The lowest BCUT2D eigenvalue weighted by molar-refractivity contribution is 0.200. The number of ether oxygens (including phenoxy) is 2. The fourth-order valence-electron chi connectivity index (χ4n) is 2.58. The van der Waals surface area contributed by atoms with Crippen LogP contribution in [0.3, 0.4) is 0 Å². The van der Waals surface area contributed by atoms with Crippen LogP contribution in [0.15, 0.2) is 18.3 Å². The molecule has 1 N–H and O–H groups in total. The molecule has 1 aromatic carbocycles. The third kappa shape index (κ3) is 3.00. The normalized spacial score (nSPS) is 12.9. The van der Waals surface area contributed by atoms with E-state index in [-0.39, 0.29) is 0 Å². The zero-order valence-corrected chi connectivity index (χ0v) is 13.5. The maximum atomic E-state index is 10.0. The molecule has 1 aromatic heterocycles. The van der Waals surface area contributed by atoms with Gasteiger partial charge in [-0.25, -0.2) is 0 Å². The van der Waals surface area contributed by atoms with Gasteiger partial charge in [0.2, 0.25) is 0 Å². The van der Waals surface area contributed by atoms with E-state index in [1.807, 2.05) is 32.2 Å². The van der Waals surface area contributed by atoms with Gasteiger partial charge in [-0.3, -0.25) is 0 Å². The number of aromatic nitrogens is 1. The average molecular weight is 291 g/mol. The van der Waals surface area contributed by atoms with Gasteiger partial charge in [0.1, 0.15) is 0 Å². The molecule has 0 aliphatic carbocycles. The van der Waals surface area contributed by atoms with E-state index in [1.54, 1.807) is 6.92 Å². The van der Waals surface area contributed by atoms with Crippen molar-refractivity contribution in [3.63, 3.8) is 0 Å². The van der Waals surface area contributed by atoms with Crippen LogP contribution in [0.5, 0.6) is 11.5 Å². The monoisotopic (exact) mass is 291 g/mol. The molecular formula is C17H25NO3. The smallest absolute Gasteiger partial charge is 0.163 e. The highest BCUT2D eigenvalue weighted by molar-refractivity contribution is 5.88. The first-order valence-electron chi connectivity index (χ1n) is 7.61. The average Bonchev–Trinajstić information content (AvgIpc) is 2.78. The van der Waals surface area contributed by atoms with Gasteiger partial charge in [0.15, 0.2) is 11.5 Å². The molecule has 0 spiro atoms. The molecule has 0 aliphatic heterocycles. The Morgan fingerprint density at radius 3 is 2.10 bits per heavy atom. The van der Waals surface area contributed by atoms with Crippen LogP contribution in [0, 0.1) is 0 Å².